The molecule has 1 aromatic carbocycles. The number of nitrogens with one attached hydrogen (secondary N) is 2. The number of amides is 2. The molecule has 114 valence electrons. The van der Waals surface area contributed by atoms with Gasteiger partial charge in [-0.05, 0) is 25.1 Å². The fraction of sp³-hybridized carbons (Fsp3) is 0.308. The predicted molar refractivity (Wildman–Crippen MR) is 76.5 cm³/mol. The Bertz CT molecular complexity index is 563. The monoisotopic (exact) mass is 314 g/mol. The van der Waals surface area contributed by atoms with Crippen molar-refractivity contribution in [3.63, 3.8) is 0 Å². The first-order valence-corrected chi connectivity index (χ1v) is 6.36. The molecule has 0 saturated carbocycles. The Labute approximate surface area is 125 Å². The number of halogens is 1. The summed E-state index contributed by atoms with van der Waals surface area (Å²) in [5.74, 6) is -2.55. The van der Waals surface area contributed by atoms with E-state index < -0.39 is 29.8 Å². The van der Waals surface area contributed by atoms with Gasteiger partial charge in [0.15, 0.2) is 0 Å². The van der Waals surface area contributed by atoms with Gasteiger partial charge in [-0.1, -0.05) is 17.7 Å². The highest BCUT2D eigenvalue weighted by Crippen LogP contribution is 2.21. The van der Waals surface area contributed by atoms with Gasteiger partial charge in [-0.2, -0.15) is 0 Å². The van der Waals surface area contributed by atoms with E-state index in [0.717, 1.165) is 0 Å². The van der Waals surface area contributed by atoms with Crippen LogP contribution in [0.5, 0.6) is 0 Å². The zero-order valence-electron chi connectivity index (χ0n) is 11.2. The molecule has 21 heavy (non-hydrogen) atoms. The third-order valence-corrected chi connectivity index (χ3v) is 3.01. The molecule has 0 aliphatic carbocycles. The summed E-state index contributed by atoms with van der Waals surface area (Å²) in [6, 6.07) is 5.77. The van der Waals surface area contributed by atoms with Crippen LogP contribution in [0.3, 0.4) is 0 Å². The molecular formula is C13H15ClN2O5. The largest absolute Gasteiger partial charge is 0.481 e. The number of benzene rings is 1. The van der Waals surface area contributed by atoms with Gasteiger partial charge in [0.2, 0.25) is 0 Å². The molecular weight excluding hydrogens is 300 g/mol. The Morgan fingerprint density at radius 3 is 2.48 bits per heavy atom. The van der Waals surface area contributed by atoms with E-state index in [0.29, 0.717) is 10.7 Å². The Kier molecular flexibility index (Phi) is 5.54. The summed E-state index contributed by atoms with van der Waals surface area (Å²) in [4.78, 5) is 33.5. The van der Waals surface area contributed by atoms with Gasteiger partial charge in [0.25, 0.3) is 0 Å². The average molecular weight is 315 g/mol. The van der Waals surface area contributed by atoms with Crippen molar-refractivity contribution < 1.29 is 24.6 Å². The minimum Gasteiger partial charge on any atom is -0.481 e. The van der Waals surface area contributed by atoms with Gasteiger partial charge in [-0.15, -0.1) is 0 Å². The molecule has 0 fully saturated rings. The van der Waals surface area contributed by atoms with E-state index in [1.807, 2.05) is 0 Å². The lowest BCUT2D eigenvalue weighted by atomic mass is 9.87. The van der Waals surface area contributed by atoms with E-state index >= 15 is 0 Å². The minimum atomic E-state index is -1.59. The van der Waals surface area contributed by atoms with Crippen LogP contribution >= 0.6 is 11.6 Å². The molecule has 0 aliphatic heterocycles. The quantitative estimate of drug-likeness (QED) is 0.641. The molecule has 1 rings (SSSR count). The lowest BCUT2D eigenvalue weighted by molar-refractivity contribution is -0.154. The van der Waals surface area contributed by atoms with Crippen LogP contribution in [-0.4, -0.2) is 34.7 Å². The summed E-state index contributed by atoms with van der Waals surface area (Å²) in [6.45, 7) is 0.935. The van der Waals surface area contributed by atoms with E-state index in [1.165, 1.54) is 13.0 Å². The molecule has 8 heteroatoms. The molecule has 0 saturated heterocycles. The Morgan fingerprint density at radius 1 is 1.29 bits per heavy atom. The molecule has 2 amide bonds. The van der Waals surface area contributed by atoms with Gasteiger partial charge < -0.3 is 20.8 Å². The number of hydrogen-bond acceptors (Lipinski definition) is 3. The Morgan fingerprint density at radius 2 is 1.95 bits per heavy atom. The summed E-state index contributed by atoms with van der Waals surface area (Å²) in [5.41, 5.74) is -1.15. The first-order chi connectivity index (χ1) is 9.73. The standard InChI is InChI=1S/C13H15ClN2O5/c1-13(11(19)20,6-10(17)18)7-15-12(21)16-9-4-2-3-8(14)5-9/h2-5H,6-7H2,1H3,(H,17,18)(H,19,20)(H2,15,16,21). The first-order valence-electron chi connectivity index (χ1n) is 5.98. The minimum absolute atomic E-state index is 0.318. The third-order valence-electron chi connectivity index (χ3n) is 2.78. The second-order valence-corrected chi connectivity index (χ2v) is 5.19. The average Bonchev–Trinajstić information content (AvgIpc) is 2.35. The van der Waals surface area contributed by atoms with Crippen LogP contribution in [0.4, 0.5) is 10.5 Å². The van der Waals surface area contributed by atoms with Crippen LogP contribution in [0.25, 0.3) is 0 Å². The van der Waals surface area contributed by atoms with Gasteiger partial charge >= 0.3 is 18.0 Å². The van der Waals surface area contributed by atoms with Crippen LogP contribution in [0.2, 0.25) is 5.02 Å². The zero-order valence-corrected chi connectivity index (χ0v) is 12.0. The summed E-state index contributed by atoms with van der Waals surface area (Å²) < 4.78 is 0. The summed E-state index contributed by atoms with van der Waals surface area (Å²) in [6.07, 6.45) is -0.597. The second kappa shape index (κ2) is 6.94. The summed E-state index contributed by atoms with van der Waals surface area (Å²) >= 11 is 5.76. The van der Waals surface area contributed by atoms with Crippen molar-refractivity contribution in [1.29, 1.82) is 0 Å². The molecule has 1 aromatic rings. The van der Waals surface area contributed by atoms with Crippen molar-refractivity contribution in [3.8, 4) is 0 Å². The zero-order chi connectivity index (χ0) is 16.0. The van der Waals surface area contributed by atoms with E-state index in [9.17, 15) is 14.4 Å². The molecule has 1 unspecified atom stereocenters. The van der Waals surface area contributed by atoms with E-state index in [-0.39, 0.29) is 6.54 Å². The maximum atomic E-state index is 11.7. The maximum Gasteiger partial charge on any atom is 0.319 e. The fourth-order valence-electron chi connectivity index (χ4n) is 1.56. The van der Waals surface area contributed by atoms with Crippen molar-refractivity contribution in [2.45, 2.75) is 13.3 Å². The number of anilines is 1. The summed E-state index contributed by atoms with van der Waals surface area (Å²) in [5, 5.41) is 23.0. The number of carboxylic acid groups (broad SMARTS) is 2. The number of carbonyl (C=O) groups excluding carboxylic acids is 1. The van der Waals surface area contributed by atoms with Crippen molar-refractivity contribution in [1.82, 2.24) is 5.32 Å². The molecule has 0 spiro atoms. The smallest absolute Gasteiger partial charge is 0.319 e. The van der Waals surface area contributed by atoms with Gasteiger partial charge in [-0.3, -0.25) is 9.59 Å². The number of rotatable bonds is 6. The normalized spacial score (nSPS) is 13.0. The number of hydrogen-bond donors (Lipinski definition) is 4. The van der Waals surface area contributed by atoms with E-state index in [1.54, 1.807) is 18.2 Å². The topological polar surface area (TPSA) is 116 Å². The predicted octanol–water partition coefficient (Wildman–Crippen LogP) is 2.03. The van der Waals surface area contributed by atoms with E-state index in [4.69, 9.17) is 21.8 Å². The van der Waals surface area contributed by atoms with Crippen molar-refractivity contribution >= 4 is 35.3 Å². The molecule has 0 aliphatic rings. The van der Waals surface area contributed by atoms with Crippen LogP contribution in [-0.2, 0) is 9.59 Å². The van der Waals surface area contributed by atoms with Crippen molar-refractivity contribution in [2.75, 3.05) is 11.9 Å². The molecule has 7 nitrogen and oxygen atoms in total. The highest BCUT2D eigenvalue weighted by molar-refractivity contribution is 6.30. The van der Waals surface area contributed by atoms with E-state index in [2.05, 4.69) is 10.6 Å². The number of aliphatic carboxylic acids is 2. The highest BCUT2D eigenvalue weighted by atomic mass is 35.5. The summed E-state index contributed by atoms with van der Waals surface area (Å²) in [7, 11) is 0. The molecule has 0 aromatic heterocycles. The Hall–Kier alpha value is -2.28. The lowest BCUT2D eigenvalue weighted by Crippen LogP contribution is -2.43. The third kappa shape index (κ3) is 5.31. The van der Waals surface area contributed by atoms with Crippen LogP contribution < -0.4 is 10.6 Å². The lowest BCUT2D eigenvalue weighted by Gasteiger charge is -2.23. The van der Waals surface area contributed by atoms with Gasteiger partial charge in [0.05, 0.1) is 11.8 Å². The van der Waals surface area contributed by atoms with Gasteiger partial charge in [-0.25, -0.2) is 4.79 Å². The Balaban J connectivity index is 2.62. The first kappa shape index (κ1) is 16.8. The molecule has 0 bridgehead atoms. The molecule has 0 radical (unpaired) electrons. The highest BCUT2D eigenvalue weighted by Gasteiger charge is 2.36. The van der Waals surface area contributed by atoms with Gasteiger partial charge in [0, 0.05) is 17.3 Å². The maximum absolute atomic E-state index is 11.7. The fourth-order valence-corrected chi connectivity index (χ4v) is 1.75. The van der Waals surface area contributed by atoms with Crippen molar-refractivity contribution in [2.24, 2.45) is 5.41 Å². The van der Waals surface area contributed by atoms with Gasteiger partial charge in [0.1, 0.15) is 0 Å². The van der Waals surface area contributed by atoms with Crippen molar-refractivity contribution in [3.05, 3.63) is 29.3 Å². The number of urea groups is 1. The molecule has 4 N–H and O–H groups in total. The number of carbonyl (C=O) groups is 3. The van der Waals surface area contributed by atoms with Crippen LogP contribution in [0, 0.1) is 5.41 Å². The SMILES string of the molecule is CC(CNC(=O)Nc1cccc(Cl)c1)(CC(=O)O)C(=O)O. The second-order valence-electron chi connectivity index (χ2n) is 4.75. The van der Waals surface area contributed by atoms with Crippen LogP contribution in [0.15, 0.2) is 24.3 Å². The molecule has 0 heterocycles. The number of carboxylic acids is 2. The van der Waals surface area contributed by atoms with Crippen LogP contribution in [0.1, 0.15) is 13.3 Å². The molecule has 1 atom stereocenters.